The van der Waals surface area contributed by atoms with Gasteiger partial charge >= 0.3 is 6.03 Å². The van der Waals surface area contributed by atoms with Crippen LogP contribution in [0.3, 0.4) is 0 Å². The Morgan fingerprint density at radius 2 is 1.74 bits per heavy atom. The van der Waals surface area contributed by atoms with Gasteiger partial charge in [-0.1, -0.05) is 54.9 Å². The van der Waals surface area contributed by atoms with Crippen LogP contribution in [-0.4, -0.2) is 113 Å². The van der Waals surface area contributed by atoms with Crippen molar-refractivity contribution < 1.29 is 42.5 Å². The van der Waals surface area contributed by atoms with E-state index in [1.54, 1.807) is 4.68 Å². The number of nitrogens with one attached hydrogen (secondary N) is 2. The number of likely N-dealkylation sites (tertiary alicyclic amines) is 2. The number of primary amides is 1. The van der Waals surface area contributed by atoms with Crippen LogP contribution < -0.4 is 30.7 Å². The van der Waals surface area contributed by atoms with Crippen molar-refractivity contribution in [2.45, 2.75) is 94.2 Å². The summed E-state index contributed by atoms with van der Waals surface area (Å²) in [6.45, 7) is 5.43. The number of aromatic nitrogens is 2. The van der Waals surface area contributed by atoms with Crippen LogP contribution in [0.1, 0.15) is 104 Å². The third-order valence-electron chi connectivity index (χ3n) is 16.0. The summed E-state index contributed by atoms with van der Waals surface area (Å²) in [6.07, 6.45) is 7.24. The normalized spacial score (nSPS) is 23.9. The van der Waals surface area contributed by atoms with Crippen molar-refractivity contribution in [1.82, 2.24) is 30.2 Å². The van der Waals surface area contributed by atoms with Gasteiger partial charge in [0.05, 0.1) is 22.7 Å². The van der Waals surface area contributed by atoms with Gasteiger partial charge in [-0.2, -0.15) is 5.10 Å². The first-order chi connectivity index (χ1) is 34.8. The maximum Gasteiger partial charge on any atom is 0.329 e. The Morgan fingerprint density at radius 3 is 2.46 bits per heavy atom. The molecule has 5 aromatic rings. The number of nitrogens with zero attached hydrogens (tertiary/aromatic N) is 5. The molecule has 0 spiro atoms. The fraction of sp³-hybridized carbons (Fsp3) is 0.463. The molecule has 3 atom stereocenters. The summed E-state index contributed by atoms with van der Waals surface area (Å²) in [6, 6.07) is 19.5. The van der Waals surface area contributed by atoms with Gasteiger partial charge in [0.2, 0.25) is 17.7 Å². The Morgan fingerprint density at radius 1 is 0.972 bits per heavy atom. The van der Waals surface area contributed by atoms with Crippen molar-refractivity contribution in [1.29, 1.82) is 0 Å². The van der Waals surface area contributed by atoms with Gasteiger partial charge in [-0.05, 0) is 106 Å². The van der Waals surface area contributed by atoms with Crippen LogP contribution in [0.4, 0.5) is 19.4 Å². The standard InChI is InChI=1S/C54H61ClF2N8O7/c1-31-45-43(28-40(56)48(55)47(45)46-39(50(58)68)16-17-42(49(46)57)71-26-25-66)72-54(31,35-7-4-3-5-8-35)30-59-36-13-10-33(11-14-36)52(69)64-21-6-9-37(64)29-63-22-18-32(19-23-63)34-12-15-38-41(27-34)62(2)61-51(38)65-24-20-44(67)60-53(65)70/h3-5,7-8,12,15-17,27-28,31-33,36-37,59,66H,6,9-11,13-14,18-26,29-30H2,1-2H3,(H2,58,68)(H,60,67,70)/t31-,33?,36?,37-,54-/m0/s1. The summed E-state index contributed by atoms with van der Waals surface area (Å²) in [5, 5.41) is 20.7. The molecular formula is C54H61ClF2N8O7. The maximum absolute atomic E-state index is 16.5. The van der Waals surface area contributed by atoms with Gasteiger partial charge in [-0.3, -0.25) is 29.3 Å². The van der Waals surface area contributed by atoms with E-state index in [2.05, 4.69) is 37.7 Å². The number of halogens is 3. The molecule has 5 amide bonds. The van der Waals surface area contributed by atoms with Crippen molar-refractivity contribution in [3.63, 3.8) is 0 Å². The number of nitrogens with two attached hydrogens (primary N) is 1. The summed E-state index contributed by atoms with van der Waals surface area (Å²) in [5.41, 5.74) is 7.51. The van der Waals surface area contributed by atoms with Crippen molar-refractivity contribution in [2.75, 3.05) is 57.4 Å². The summed E-state index contributed by atoms with van der Waals surface area (Å²) in [5.74, 6) is -2.59. The van der Waals surface area contributed by atoms with Crippen LogP contribution in [0, 0.1) is 17.6 Å². The molecule has 380 valence electrons. The molecule has 15 nitrogen and oxygen atoms in total. The zero-order chi connectivity index (χ0) is 50.4. The molecule has 4 fully saturated rings. The van der Waals surface area contributed by atoms with Crippen LogP contribution >= 0.6 is 11.6 Å². The van der Waals surface area contributed by atoms with E-state index < -0.39 is 40.1 Å². The molecule has 3 saturated heterocycles. The van der Waals surface area contributed by atoms with Crippen LogP contribution in [0.5, 0.6) is 11.5 Å². The van der Waals surface area contributed by atoms with Gasteiger partial charge in [0.25, 0.3) is 0 Å². The predicted octanol–water partition coefficient (Wildman–Crippen LogP) is 7.50. The third kappa shape index (κ3) is 9.17. The third-order valence-corrected chi connectivity index (χ3v) is 16.3. The second kappa shape index (κ2) is 20.4. The number of benzene rings is 4. The van der Waals surface area contributed by atoms with E-state index in [-0.39, 0.29) is 77.6 Å². The van der Waals surface area contributed by atoms with E-state index in [1.165, 1.54) is 28.7 Å². The number of anilines is 1. The first-order valence-electron chi connectivity index (χ1n) is 25.2. The molecule has 4 aliphatic heterocycles. The van der Waals surface area contributed by atoms with Gasteiger partial charge in [-0.15, -0.1) is 0 Å². The minimum atomic E-state index is -1.11. The van der Waals surface area contributed by atoms with E-state index in [1.807, 2.05) is 50.4 Å². The zero-order valence-electron chi connectivity index (χ0n) is 40.6. The molecule has 5 aliphatic rings. The lowest BCUT2D eigenvalue weighted by molar-refractivity contribution is -0.138. The number of aliphatic hydroxyl groups is 1. The van der Waals surface area contributed by atoms with E-state index in [9.17, 15) is 24.3 Å². The fourth-order valence-electron chi connectivity index (χ4n) is 12.1. The highest BCUT2D eigenvalue weighted by molar-refractivity contribution is 6.34. The van der Waals surface area contributed by atoms with Gasteiger partial charge in [-0.25, -0.2) is 13.6 Å². The Hall–Kier alpha value is -6.14. The maximum atomic E-state index is 16.5. The lowest BCUT2D eigenvalue weighted by Gasteiger charge is -2.39. The topological polar surface area (TPSA) is 185 Å². The average molecular weight is 1010 g/mol. The van der Waals surface area contributed by atoms with Crippen molar-refractivity contribution >= 4 is 52.1 Å². The number of rotatable bonds is 14. The van der Waals surface area contributed by atoms with Gasteiger partial charge in [0.1, 0.15) is 18.2 Å². The number of hydrogen-bond donors (Lipinski definition) is 4. The molecule has 1 aliphatic carbocycles. The number of piperidine rings is 1. The van der Waals surface area contributed by atoms with E-state index in [4.69, 9.17) is 26.8 Å². The molecule has 1 aromatic heterocycles. The number of aryl methyl sites for hydroxylation is 1. The highest BCUT2D eigenvalue weighted by Gasteiger charge is 2.50. The molecule has 1 saturated carbocycles. The highest BCUT2D eigenvalue weighted by Crippen LogP contribution is 2.56. The first kappa shape index (κ1) is 49.4. The molecule has 5 N–H and O–H groups in total. The second-order valence-electron chi connectivity index (χ2n) is 20.1. The average Bonchev–Trinajstić information content (AvgIpc) is 4.07. The second-order valence-corrected chi connectivity index (χ2v) is 20.5. The molecule has 72 heavy (non-hydrogen) atoms. The molecule has 0 bridgehead atoms. The lowest BCUT2D eigenvalue weighted by Crippen LogP contribution is -2.50. The fourth-order valence-corrected chi connectivity index (χ4v) is 12.4. The van der Waals surface area contributed by atoms with Crippen molar-refractivity contribution in [3.05, 3.63) is 106 Å². The SMILES string of the molecule is C[C@H]1c2c(cc(F)c(Cl)c2-c2c(C(N)=O)ccc(OCCO)c2F)O[C@]1(CNC1CCC(C(=O)N2CCC[C@H]2CN2CCC(c3ccc4c(N5CCC(=O)NC5=O)nn(C)c4c3)CC2)CC1)c1ccccc1. The summed E-state index contributed by atoms with van der Waals surface area (Å²) < 4.78 is 46.5. The summed E-state index contributed by atoms with van der Waals surface area (Å²) >= 11 is 6.74. The molecule has 10 rings (SSSR count). The van der Waals surface area contributed by atoms with Crippen LogP contribution in [0.2, 0.25) is 5.02 Å². The van der Waals surface area contributed by atoms with Crippen LogP contribution in [0.15, 0.2) is 66.7 Å². The number of urea groups is 1. The molecule has 0 radical (unpaired) electrons. The number of carbonyl (C=O) groups excluding carboxylic acids is 4. The minimum absolute atomic E-state index is 0.0521. The van der Waals surface area contributed by atoms with E-state index >= 15 is 8.78 Å². The van der Waals surface area contributed by atoms with Crippen molar-refractivity contribution in [3.8, 4) is 22.6 Å². The molecule has 0 unspecified atom stereocenters. The monoisotopic (exact) mass is 1010 g/mol. The number of imide groups is 1. The van der Waals surface area contributed by atoms with Gasteiger partial charge in [0.15, 0.2) is 23.0 Å². The minimum Gasteiger partial charge on any atom is -0.488 e. The number of fused-ring (bicyclic) bond motifs is 2. The van der Waals surface area contributed by atoms with Crippen LogP contribution in [0.25, 0.3) is 22.0 Å². The quantitative estimate of drug-likeness (QED) is 0.0869. The molecule has 4 aromatic carbocycles. The lowest BCUT2D eigenvalue weighted by atomic mass is 9.77. The van der Waals surface area contributed by atoms with Gasteiger partial charge in [0, 0.05) is 91.7 Å². The Balaban J connectivity index is 0.776. The van der Waals surface area contributed by atoms with Crippen molar-refractivity contribution in [2.24, 2.45) is 18.7 Å². The van der Waals surface area contributed by atoms with Gasteiger partial charge < -0.3 is 35.4 Å². The Kier molecular flexibility index (Phi) is 14.0. The smallest absolute Gasteiger partial charge is 0.329 e. The number of ether oxygens (including phenoxy) is 2. The molecule has 5 heterocycles. The van der Waals surface area contributed by atoms with Crippen LogP contribution in [-0.2, 0) is 22.2 Å². The molecular weight excluding hydrogens is 946 g/mol. The number of aliphatic hydroxyl groups excluding tert-OH is 1. The number of hydrogen-bond acceptors (Lipinski definition) is 10. The first-order valence-corrected chi connectivity index (χ1v) is 25.6. The number of amides is 5. The highest BCUT2D eigenvalue weighted by atomic mass is 35.5. The summed E-state index contributed by atoms with van der Waals surface area (Å²) in [7, 11) is 1.88. The number of carbonyl (C=O) groups is 4. The Bertz CT molecular complexity index is 2910. The van der Waals surface area contributed by atoms with E-state index in [0.29, 0.717) is 30.4 Å². The van der Waals surface area contributed by atoms with E-state index in [0.717, 1.165) is 94.0 Å². The largest absolute Gasteiger partial charge is 0.488 e. The molecule has 18 heteroatoms. The Labute approximate surface area is 421 Å². The summed E-state index contributed by atoms with van der Waals surface area (Å²) in [4.78, 5) is 57.7. The zero-order valence-corrected chi connectivity index (χ0v) is 41.4. The predicted molar refractivity (Wildman–Crippen MR) is 268 cm³/mol.